The summed E-state index contributed by atoms with van der Waals surface area (Å²) in [6.07, 6.45) is 3.13. The molecule has 140 valence electrons. The second kappa shape index (κ2) is 9.15. The van der Waals surface area contributed by atoms with Gasteiger partial charge in [0.05, 0.1) is 6.07 Å². The summed E-state index contributed by atoms with van der Waals surface area (Å²) in [5, 5.41) is 13.2. The minimum Gasteiger partial charge on any atom is -0.304 e. The third-order valence-electron chi connectivity index (χ3n) is 5.08. The van der Waals surface area contributed by atoms with Gasteiger partial charge < -0.3 is 14.7 Å². The standard InChI is InChI=1S/C18H35N5.CH4/c1-17(2,3)20-18(16-19)6-10-22(11-7-18)8-5-9-23-14-12-21(4)13-15-23;/h20H,5-15H2,1-4H3;1H4. The molecule has 24 heavy (non-hydrogen) atoms. The highest BCUT2D eigenvalue weighted by Crippen LogP contribution is 2.24. The second-order valence-electron chi connectivity index (χ2n) is 8.41. The molecule has 1 N–H and O–H groups in total. The molecule has 0 aromatic carbocycles. The van der Waals surface area contributed by atoms with E-state index in [-0.39, 0.29) is 18.5 Å². The maximum atomic E-state index is 9.62. The highest BCUT2D eigenvalue weighted by molar-refractivity contribution is 5.11. The summed E-state index contributed by atoms with van der Waals surface area (Å²) in [7, 11) is 2.21. The molecule has 5 heteroatoms. The lowest BCUT2D eigenvalue weighted by molar-refractivity contribution is 0.125. The Balaban J connectivity index is 0.00000288. The third-order valence-corrected chi connectivity index (χ3v) is 5.08. The van der Waals surface area contributed by atoms with Crippen LogP contribution in [0.1, 0.15) is 47.5 Å². The molecule has 2 aliphatic heterocycles. The Bertz CT molecular complexity index is 393. The molecule has 0 aliphatic carbocycles. The molecule has 0 aromatic rings. The molecule has 0 atom stereocenters. The third kappa shape index (κ3) is 6.68. The van der Waals surface area contributed by atoms with Crippen LogP contribution in [0.4, 0.5) is 0 Å². The lowest BCUT2D eigenvalue weighted by Gasteiger charge is -2.42. The zero-order valence-corrected chi connectivity index (χ0v) is 15.6. The van der Waals surface area contributed by atoms with Crippen molar-refractivity contribution in [1.82, 2.24) is 20.0 Å². The summed E-state index contributed by atoms with van der Waals surface area (Å²) in [4.78, 5) is 7.53. The van der Waals surface area contributed by atoms with E-state index in [9.17, 15) is 5.26 Å². The van der Waals surface area contributed by atoms with Crippen LogP contribution in [0.3, 0.4) is 0 Å². The Morgan fingerprint density at radius 2 is 1.46 bits per heavy atom. The number of nitrogens with zero attached hydrogens (tertiary/aromatic N) is 4. The van der Waals surface area contributed by atoms with Gasteiger partial charge in [-0.25, -0.2) is 0 Å². The fraction of sp³-hybridized carbons (Fsp3) is 0.947. The van der Waals surface area contributed by atoms with Crippen molar-refractivity contribution in [3.63, 3.8) is 0 Å². The van der Waals surface area contributed by atoms with Crippen molar-refractivity contribution in [2.24, 2.45) is 0 Å². The van der Waals surface area contributed by atoms with Gasteiger partial charge in [0.25, 0.3) is 0 Å². The first-order valence-corrected chi connectivity index (χ1v) is 9.16. The van der Waals surface area contributed by atoms with E-state index in [1.807, 2.05) is 0 Å². The summed E-state index contributed by atoms with van der Waals surface area (Å²) in [5.41, 5.74) is -0.328. The van der Waals surface area contributed by atoms with Crippen molar-refractivity contribution in [2.75, 3.05) is 59.4 Å². The van der Waals surface area contributed by atoms with Crippen molar-refractivity contribution < 1.29 is 0 Å². The molecule has 0 unspecified atom stereocenters. The Morgan fingerprint density at radius 3 is 1.92 bits per heavy atom. The molecular weight excluding hydrogens is 298 g/mol. The minimum absolute atomic E-state index is 0. The van der Waals surface area contributed by atoms with Gasteiger partial charge in [-0.2, -0.15) is 5.26 Å². The second-order valence-corrected chi connectivity index (χ2v) is 8.41. The van der Waals surface area contributed by atoms with Crippen LogP contribution in [-0.2, 0) is 0 Å². The number of likely N-dealkylation sites (N-methyl/N-ethyl adjacent to an activating group) is 1. The first-order chi connectivity index (χ1) is 10.8. The molecular formula is C19H39N5. The number of rotatable bonds is 5. The largest absolute Gasteiger partial charge is 0.304 e. The monoisotopic (exact) mass is 337 g/mol. The Morgan fingerprint density at radius 1 is 0.958 bits per heavy atom. The van der Waals surface area contributed by atoms with E-state index in [0.29, 0.717) is 0 Å². The molecule has 0 spiro atoms. The number of nitrogens with one attached hydrogen (secondary N) is 1. The SMILES string of the molecule is C.CN1CCN(CCCN2CCC(C#N)(NC(C)(C)C)CC2)CC1. The molecule has 0 radical (unpaired) electrons. The van der Waals surface area contributed by atoms with E-state index in [4.69, 9.17) is 0 Å². The molecule has 0 saturated carbocycles. The van der Waals surface area contributed by atoms with Gasteiger partial charge in [0.2, 0.25) is 0 Å². The molecule has 2 saturated heterocycles. The highest BCUT2D eigenvalue weighted by atomic mass is 15.2. The van der Waals surface area contributed by atoms with Crippen molar-refractivity contribution in [1.29, 1.82) is 5.26 Å². The number of likely N-dealkylation sites (tertiary alicyclic amines) is 1. The van der Waals surface area contributed by atoms with Crippen LogP contribution in [0.15, 0.2) is 0 Å². The van der Waals surface area contributed by atoms with E-state index < -0.39 is 0 Å². The van der Waals surface area contributed by atoms with Crippen molar-refractivity contribution in [3.05, 3.63) is 0 Å². The van der Waals surface area contributed by atoms with Crippen LogP contribution >= 0.6 is 0 Å². The van der Waals surface area contributed by atoms with E-state index >= 15 is 0 Å². The van der Waals surface area contributed by atoms with Gasteiger partial charge in [0.15, 0.2) is 0 Å². The Kier molecular flexibility index (Phi) is 8.14. The normalized spacial score (nSPS) is 23.5. The molecule has 2 heterocycles. The van der Waals surface area contributed by atoms with Crippen LogP contribution < -0.4 is 5.32 Å². The molecule has 0 aromatic heterocycles. The molecule has 2 fully saturated rings. The predicted molar refractivity (Wildman–Crippen MR) is 102 cm³/mol. The van der Waals surface area contributed by atoms with Gasteiger partial charge in [-0.15, -0.1) is 0 Å². The Labute approximate surface area is 150 Å². The lowest BCUT2D eigenvalue weighted by atomic mass is 9.86. The smallest absolute Gasteiger partial charge is 0.109 e. The number of piperidine rings is 1. The lowest BCUT2D eigenvalue weighted by Crippen LogP contribution is -2.58. The van der Waals surface area contributed by atoms with E-state index in [1.54, 1.807) is 0 Å². The zero-order valence-electron chi connectivity index (χ0n) is 15.6. The summed E-state index contributed by atoms with van der Waals surface area (Å²) in [6.45, 7) is 15.7. The minimum atomic E-state index is -0.327. The maximum absolute atomic E-state index is 9.62. The molecule has 5 nitrogen and oxygen atoms in total. The number of hydrogen-bond acceptors (Lipinski definition) is 5. The van der Waals surface area contributed by atoms with Gasteiger partial charge in [0, 0.05) is 44.8 Å². The first-order valence-electron chi connectivity index (χ1n) is 9.16. The van der Waals surface area contributed by atoms with Crippen LogP contribution in [-0.4, -0.2) is 85.2 Å². The van der Waals surface area contributed by atoms with E-state index in [2.05, 4.69) is 53.9 Å². The predicted octanol–water partition coefficient (Wildman–Crippen LogP) is 2.01. The first kappa shape index (κ1) is 21.4. The van der Waals surface area contributed by atoms with Gasteiger partial charge in [0.1, 0.15) is 5.54 Å². The van der Waals surface area contributed by atoms with Crippen molar-refractivity contribution in [2.45, 2.75) is 58.5 Å². The summed E-state index contributed by atoms with van der Waals surface area (Å²) >= 11 is 0. The summed E-state index contributed by atoms with van der Waals surface area (Å²) in [5.74, 6) is 0. The number of piperazine rings is 1. The quantitative estimate of drug-likeness (QED) is 0.831. The highest BCUT2D eigenvalue weighted by Gasteiger charge is 2.37. The average Bonchev–Trinajstić information content (AvgIpc) is 2.50. The molecule has 2 aliphatic rings. The Hall–Kier alpha value is -0.670. The average molecular weight is 338 g/mol. The van der Waals surface area contributed by atoms with Crippen molar-refractivity contribution in [3.8, 4) is 6.07 Å². The maximum Gasteiger partial charge on any atom is 0.109 e. The molecule has 2 rings (SSSR count). The number of nitriles is 1. The zero-order chi connectivity index (χ0) is 16.9. The van der Waals surface area contributed by atoms with Crippen molar-refractivity contribution >= 4 is 0 Å². The van der Waals surface area contributed by atoms with Gasteiger partial charge in [-0.1, -0.05) is 7.43 Å². The van der Waals surface area contributed by atoms with Crippen LogP contribution in [0.5, 0.6) is 0 Å². The van der Waals surface area contributed by atoms with Crippen LogP contribution in [0, 0.1) is 11.3 Å². The van der Waals surface area contributed by atoms with Gasteiger partial charge in [-0.05, 0) is 60.2 Å². The summed E-state index contributed by atoms with van der Waals surface area (Å²) in [6, 6.07) is 2.56. The topological polar surface area (TPSA) is 45.5 Å². The number of hydrogen-bond donors (Lipinski definition) is 1. The molecule has 0 bridgehead atoms. The summed E-state index contributed by atoms with van der Waals surface area (Å²) < 4.78 is 0. The fourth-order valence-corrected chi connectivity index (χ4v) is 3.73. The van der Waals surface area contributed by atoms with Crippen LogP contribution in [0.2, 0.25) is 0 Å². The fourth-order valence-electron chi connectivity index (χ4n) is 3.73. The van der Waals surface area contributed by atoms with Crippen LogP contribution in [0.25, 0.3) is 0 Å². The van der Waals surface area contributed by atoms with E-state index in [1.165, 1.54) is 45.7 Å². The van der Waals surface area contributed by atoms with E-state index in [0.717, 1.165) is 25.9 Å². The molecule has 0 amide bonds. The van der Waals surface area contributed by atoms with Gasteiger partial charge in [-0.3, -0.25) is 5.32 Å². The van der Waals surface area contributed by atoms with Gasteiger partial charge >= 0.3 is 0 Å².